The Bertz CT molecular complexity index is 684. The Kier molecular flexibility index (Phi) is 4.43. The Balaban J connectivity index is 2.20. The second kappa shape index (κ2) is 6.47. The molecule has 0 aromatic heterocycles. The maximum absolute atomic E-state index is 4.70. The Hall–Kier alpha value is -1.56. The van der Waals surface area contributed by atoms with E-state index in [4.69, 9.17) is 12.6 Å². The van der Waals surface area contributed by atoms with Gasteiger partial charge in [0.05, 0.1) is 0 Å². The van der Waals surface area contributed by atoms with Crippen molar-refractivity contribution >= 4 is 36.5 Å². The minimum Gasteiger partial charge on any atom is -0.143 e. The Labute approximate surface area is 133 Å². The van der Waals surface area contributed by atoms with Crippen molar-refractivity contribution in [2.75, 3.05) is 0 Å². The lowest BCUT2D eigenvalue weighted by Crippen LogP contribution is -2.21. The first-order valence-corrected chi connectivity index (χ1v) is 8.74. The van der Waals surface area contributed by atoms with Crippen LogP contribution in [0.5, 0.6) is 0 Å². The molecule has 3 aromatic rings. The van der Waals surface area contributed by atoms with Gasteiger partial charge < -0.3 is 0 Å². The van der Waals surface area contributed by atoms with Crippen molar-refractivity contribution in [3.63, 3.8) is 0 Å². The molecule has 0 bridgehead atoms. The highest BCUT2D eigenvalue weighted by Gasteiger charge is 2.18. The molecular weight excluding hydrogens is 291 g/mol. The van der Waals surface area contributed by atoms with Gasteiger partial charge in [0.15, 0.2) is 0 Å². The highest BCUT2D eigenvalue weighted by Crippen LogP contribution is 2.35. The van der Waals surface area contributed by atoms with E-state index in [1.165, 1.54) is 21.5 Å². The molecule has 0 radical (unpaired) electrons. The fourth-order valence-electron chi connectivity index (χ4n) is 2.39. The molecule has 0 unspecified atom stereocenters. The van der Waals surface area contributed by atoms with Gasteiger partial charge in [0.2, 0.25) is 0 Å². The summed E-state index contributed by atoms with van der Waals surface area (Å²) in [5.41, 5.74) is 1.28. The standard InChI is InChI=1S/C19H17PS/c1-15-12-13-19(21)18(14-15)20(16-8-4-2-5-9-16)17-10-6-3-7-11-17/h2-14,21H,1H3. The van der Waals surface area contributed by atoms with Crippen molar-refractivity contribution in [3.8, 4) is 0 Å². The predicted molar refractivity (Wildman–Crippen MR) is 97.1 cm³/mol. The molecule has 3 rings (SSSR count). The summed E-state index contributed by atoms with van der Waals surface area (Å²) in [5, 5.41) is 4.05. The molecule has 0 nitrogen and oxygen atoms in total. The van der Waals surface area contributed by atoms with E-state index in [1.54, 1.807) is 0 Å². The monoisotopic (exact) mass is 308 g/mol. The Morgan fingerprint density at radius 3 is 1.76 bits per heavy atom. The minimum absolute atomic E-state index is 0.559. The normalized spacial score (nSPS) is 10.8. The van der Waals surface area contributed by atoms with E-state index in [9.17, 15) is 0 Å². The molecule has 0 saturated carbocycles. The van der Waals surface area contributed by atoms with Crippen LogP contribution in [0.2, 0.25) is 0 Å². The summed E-state index contributed by atoms with van der Waals surface area (Å²) < 4.78 is 0. The second-order valence-corrected chi connectivity index (χ2v) is 7.67. The maximum atomic E-state index is 4.70. The van der Waals surface area contributed by atoms with E-state index in [0.29, 0.717) is 0 Å². The molecular formula is C19H17PS. The molecule has 0 aliphatic heterocycles. The lowest BCUT2D eigenvalue weighted by molar-refractivity contribution is 1.42. The zero-order chi connectivity index (χ0) is 14.7. The lowest BCUT2D eigenvalue weighted by Gasteiger charge is -2.21. The van der Waals surface area contributed by atoms with Gasteiger partial charge in [-0.3, -0.25) is 0 Å². The first-order valence-electron chi connectivity index (χ1n) is 6.95. The average molecular weight is 308 g/mol. The lowest BCUT2D eigenvalue weighted by atomic mass is 10.2. The van der Waals surface area contributed by atoms with Crippen molar-refractivity contribution in [2.45, 2.75) is 11.8 Å². The van der Waals surface area contributed by atoms with Crippen LogP contribution in [0.4, 0.5) is 0 Å². The molecule has 0 amide bonds. The molecule has 0 saturated heterocycles. The van der Waals surface area contributed by atoms with E-state index in [-0.39, 0.29) is 0 Å². The molecule has 0 atom stereocenters. The van der Waals surface area contributed by atoms with Crippen LogP contribution in [0.25, 0.3) is 0 Å². The maximum Gasteiger partial charge on any atom is 0.0124 e. The van der Waals surface area contributed by atoms with Crippen molar-refractivity contribution in [1.82, 2.24) is 0 Å². The van der Waals surface area contributed by atoms with Gasteiger partial charge in [0, 0.05) is 4.90 Å². The summed E-state index contributed by atoms with van der Waals surface area (Å²) >= 11 is 4.70. The molecule has 0 aliphatic rings. The fraction of sp³-hybridized carbons (Fsp3) is 0.0526. The van der Waals surface area contributed by atoms with Crippen LogP contribution in [0.1, 0.15) is 5.56 Å². The van der Waals surface area contributed by atoms with E-state index in [2.05, 4.69) is 85.8 Å². The highest BCUT2D eigenvalue weighted by atomic mass is 32.1. The average Bonchev–Trinajstić information content (AvgIpc) is 2.53. The summed E-state index contributed by atoms with van der Waals surface area (Å²) in [5.74, 6) is 0. The Morgan fingerprint density at radius 1 is 0.714 bits per heavy atom. The number of benzene rings is 3. The fourth-order valence-corrected chi connectivity index (χ4v) is 5.26. The third kappa shape index (κ3) is 3.20. The molecule has 104 valence electrons. The van der Waals surface area contributed by atoms with Crippen LogP contribution in [0.3, 0.4) is 0 Å². The van der Waals surface area contributed by atoms with Gasteiger partial charge in [-0.05, 0) is 42.9 Å². The summed E-state index contributed by atoms with van der Waals surface area (Å²) in [6.45, 7) is 2.14. The molecule has 0 heterocycles. The number of aryl methyl sites for hydroxylation is 1. The minimum atomic E-state index is -0.559. The van der Waals surface area contributed by atoms with Crippen molar-refractivity contribution in [1.29, 1.82) is 0 Å². The Morgan fingerprint density at radius 2 is 1.24 bits per heavy atom. The van der Waals surface area contributed by atoms with Gasteiger partial charge in [0.1, 0.15) is 0 Å². The summed E-state index contributed by atoms with van der Waals surface area (Å²) in [6, 6.07) is 28.0. The summed E-state index contributed by atoms with van der Waals surface area (Å²) in [7, 11) is -0.559. The molecule has 3 aromatic carbocycles. The van der Waals surface area contributed by atoms with Crippen molar-refractivity contribution < 1.29 is 0 Å². The van der Waals surface area contributed by atoms with Crippen LogP contribution in [-0.2, 0) is 0 Å². The van der Waals surface area contributed by atoms with E-state index < -0.39 is 7.92 Å². The third-order valence-corrected chi connectivity index (χ3v) is 6.45. The third-order valence-electron chi connectivity index (χ3n) is 3.40. The molecule has 21 heavy (non-hydrogen) atoms. The summed E-state index contributed by atoms with van der Waals surface area (Å²) in [6.07, 6.45) is 0. The molecule has 0 spiro atoms. The quantitative estimate of drug-likeness (QED) is 0.548. The van der Waals surface area contributed by atoms with Gasteiger partial charge in [-0.25, -0.2) is 0 Å². The number of hydrogen-bond donors (Lipinski definition) is 1. The zero-order valence-corrected chi connectivity index (χ0v) is 13.7. The van der Waals surface area contributed by atoms with Gasteiger partial charge in [-0.1, -0.05) is 72.3 Å². The van der Waals surface area contributed by atoms with Crippen molar-refractivity contribution in [2.24, 2.45) is 0 Å². The van der Waals surface area contributed by atoms with Gasteiger partial charge in [0.25, 0.3) is 0 Å². The summed E-state index contributed by atoms with van der Waals surface area (Å²) in [4.78, 5) is 1.07. The van der Waals surface area contributed by atoms with Crippen LogP contribution in [0.15, 0.2) is 83.8 Å². The number of rotatable bonds is 3. The SMILES string of the molecule is Cc1ccc(S)c(P(c2ccccc2)c2ccccc2)c1. The van der Waals surface area contributed by atoms with Crippen LogP contribution < -0.4 is 15.9 Å². The topological polar surface area (TPSA) is 0 Å². The smallest absolute Gasteiger partial charge is 0.0124 e. The molecule has 2 heteroatoms. The predicted octanol–water partition coefficient (Wildman–Crippen LogP) is 4.04. The largest absolute Gasteiger partial charge is 0.143 e. The zero-order valence-electron chi connectivity index (χ0n) is 11.9. The van der Waals surface area contributed by atoms with Crippen LogP contribution >= 0.6 is 20.6 Å². The van der Waals surface area contributed by atoms with Gasteiger partial charge in [-0.15, -0.1) is 12.6 Å². The first kappa shape index (κ1) is 14.4. The van der Waals surface area contributed by atoms with Crippen LogP contribution in [0, 0.1) is 6.92 Å². The van der Waals surface area contributed by atoms with Crippen LogP contribution in [-0.4, -0.2) is 0 Å². The number of hydrogen-bond acceptors (Lipinski definition) is 1. The van der Waals surface area contributed by atoms with Gasteiger partial charge in [-0.2, -0.15) is 0 Å². The van der Waals surface area contributed by atoms with E-state index in [1.807, 2.05) is 0 Å². The molecule has 0 fully saturated rings. The van der Waals surface area contributed by atoms with E-state index in [0.717, 1.165) is 4.90 Å². The van der Waals surface area contributed by atoms with Crippen molar-refractivity contribution in [3.05, 3.63) is 84.4 Å². The second-order valence-electron chi connectivity index (χ2n) is 5.00. The highest BCUT2D eigenvalue weighted by molar-refractivity contribution is 7.84. The van der Waals surface area contributed by atoms with E-state index >= 15 is 0 Å². The number of thiol groups is 1. The molecule has 0 aliphatic carbocycles. The first-order chi connectivity index (χ1) is 10.3. The molecule has 0 N–H and O–H groups in total. The van der Waals surface area contributed by atoms with Gasteiger partial charge >= 0.3 is 0 Å².